The lowest BCUT2D eigenvalue weighted by molar-refractivity contribution is 0.388. The smallest absolute Gasteiger partial charge is 0.127 e. The van der Waals surface area contributed by atoms with Crippen LogP contribution in [0.5, 0.6) is 11.5 Å². The summed E-state index contributed by atoms with van der Waals surface area (Å²) < 4.78 is 24.9. The summed E-state index contributed by atoms with van der Waals surface area (Å²) in [5.74, 6) is 1.10. The summed E-state index contributed by atoms with van der Waals surface area (Å²) in [6, 6.07) is 19.6. The number of halogens is 2. The Morgan fingerprint density at radius 3 is 2.48 bits per heavy atom. The predicted molar refractivity (Wildman–Crippen MR) is 114 cm³/mol. The Morgan fingerprint density at radius 2 is 1.79 bits per heavy atom. The molecule has 148 valence electrons. The first-order chi connectivity index (χ1) is 14.1. The highest BCUT2D eigenvalue weighted by atomic mass is 35.5. The number of benzene rings is 3. The van der Waals surface area contributed by atoms with Crippen molar-refractivity contribution in [1.82, 2.24) is 0 Å². The fourth-order valence-corrected chi connectivity index (χ4v) is 3.65. The lowest BCUT2D eigenvalue weighted by Crippen LogP contribution is -2.19. The zero-order valence-electron chi connectivity index (χ0n) is 16.1. The monoisotopic (exact) mass is 410 g/mol. The van der Waals surface area contributed by atoms with Crippen LogP contribution in [0.15, 0.2) is 71.8 Å². The lowest BCUT2D eigenvalue weighted by atomic mass is 9.97. The van der Waals surface area contributed by atoms with Crippen LogP contribution in [0.1, 0.15) is 23.6 Å². The van der Waals surface area contributed by atoms with E-state index in [9.17, 15) is 4.39 Å². The molecule has 0 spiro atoms. The topological polar surface area (TPSA) is 34.1 Å². The van der Waals surface area contributed by atoms with E-state index in [0.717, 1.165) is 16.8 Å². The quantitative estimate of drug-likeness (QED) is 0.529. The lowest BCUT2D eigenvalue weighted by Gasteiger charge is -2.25. The van der Waals surface area contributed by atoms with Gasteiger partial charge in [0.15, 0.2) is 0 Å². The van der Waals surface area contributed by atoms with Gasteiger partial charge in [0, 0.05) is 23.1 Å². The third-order valence-corrected chi connectivity index (χ3v) is 5.21. The Balaban J connectivity index is 1.79. The van der Waals surface area contributed by atoms with Crippen LogP contribution in [0.25, 0.3) is 0 Å². The first-order valence-electron chi connectivity index (χ1n) is 9.19. The molecule has 0 saturated heterocycles. The number of hydrogen-bond acceptors (Lipinski definition) is 4. The maximum Gasteiger partial charge on any atom is 0.127 e. The molecule has 1 atom stereocenters. The van der Waals surface area contributed by atoms with Crippen LogP contribution in [-0.2, 0) is 0 Å². The van der Waals surface area contributed by atoms with Crippen molar-refractivity contribution in [3.05, 3.63) is 88.7 Å². The highest BCUT2D eigenvalue weighted by Crippen LogP contribution is 2.41. The number of hydrazone groups is 1. The first kappa shape index (κ1) is 19.3. The van der Waals surface area contributed by atoms with E-state index in [4.69, 9.17) is 26.2 Å². The van der Waals surface area contributed by atoms with Gasteiger partial charge < -0.3 is 9.47 Å². The normalized spacial score (nSPS) is 15.9. The van der Waals surface area contributed by atoms with Crippen molar-refractivity contribution < 1.29 is 13.9 Å². The predicted octanol–water partition coefficient (Wildman–Crippen LogP) is 5.85. The average Bonchev–Trinajstić information content (AvgIpc) is 3.19. The van der Waals surface area contributed by atoms with Gasteiger partial charge in [-0.05, 0) is 48.0 Å². The maximum atomic E-state index is 13.9. The minimum absolute atomic E-state index is 0.150. The fourth-order valence-electron chi connectivity index (χ4n) is 3.52. The van der Waals surface area contributed by atoms with E-state index < -0.39 is 0 Å². The summed E-state index contributed by atoms with van der Waals surface area (Å²) in [5, 5.41) is 7.34. The minimum atomic E-state index is -0.307. The molecule has 0 N–H and O–H groups in total. The molecule has 4 rings (SSSR count). The standard InChI is InChI=1S/C23H20ClFN2O2/c1-28-19-10-11-20(23(13-19)29-2)22-14-21(15-6-8-16(24)9-7-15)26-27(22)18-5-3-4-17(25)12-18/h3-13,22H,14H2,1-2H3/t22-/m1/s1. The number of nitrogens with zero attached hydrogens (tertiary/aromatic N) is 2. The van der Waals surface area contributed by atoms with Gasteiger partial charge in [-0.3, -0.25) is 5.01 Å². The number of anilines is 1. The van der Waals surface area contributed by atoms with Crippen molar-refractivity contribution in [1.29, 1.82) is 0 Å². The highest BCUT2D eigenvalue weighted by Gasteiger charge is 2.32. The van der Waals surface area contributed by atoms with E-state index in [1.54, 1.807) is 20.3 Å². The number of hydrogen-bond donors (Lipinski definition) is 0. The molecule has 0 fully saturated rings. The summed E-state index contributed by atoms with van der Waals surface area (Å²) in [7, 11) is 3.24. The molecule has 3 aromatic carbocycles. The third-order valence-electron chi connectivity index (χ3n) is 4.96. The second-order valence-electron chi connectivity index (χ2n) is 6.71. The van der Waals surface area contributed by atoms with E-state index in [1.807, 2.05) is 53.5 Å². The van der Waals surface area contributed by atoms with Gasteiger partial charge in [-0.25, -0.2) is 4.39 Å². The Kier molecular flexibility index (Phi) is 5.41. The van der Waals surface area contributed by atoms with E-state index in [-0.39, 0.29) is 11.9 Å². The molecular weight excluding hydrogens is 391 g/mol. The number of rotatable bonds is 5. The molecule has 0 bridgehead atoms. The third kappa shape index (κ3) is 3.91. The molecule has 1 heterocycles. The van der Waals surface area contributed by atoms with E-state index >= 15 is 0 Å². The van der Waals surface area contributed by atoms with Crippen LogP contribution in [0, 0.1) is 5.82 Å². The van der Waals surface area contributed by atoms with Gasteiger partial charge in [0.25, 0.3) is 0 Å². The van der Waals surface area contributed by atoms with Crippen molar-refractivity contribution in [3.8, 4) is 11.5 Å². The van der Waals surface area contributed by atoms with E-state index in [1.165, 1.54) is 12.1 Å². The van der Waals surface area contributed by atoms with Crippen molar-refractivity contribution >= 4 is 23.0 Å². The van der Waals surface area contributed by atoms with Gasteiger partial charge in [-0.15, -0.1) is 0 Å². The van der Waals surface area contributed by atoms with Gasteiger partial charge in [-0.1, -0.05) is 29.8 Å². The molecule has 0 unspecified atom stereocenters. The minimum Gasteiger partial charge on any atom is -0.497 e. The van der Waals surface area contributed by atoms with Crippen LogP contribution < -0.4 is 14.5 Å². The van der Waals surface area contributed by atoms with E-state index in [2.05, 4.69) is 0 Å². The van der Waals surface area contributed by atoms with Gasteiger partial charge in [0.2, 0.25) is 0 Å². The number of ether oxygens (including phenoxy) is 2. The van der Waals surface area contributed by atoms with Crippen molar-refractivity contribution in [2.75, 3.05) is 19.2 Å². The van der Waals surface area contributed by atoms with Crippen LogP contribution in [0.2, 0.25) is 5.02 Å². The van der Waals surface area contributed by atoms with Crippen LogP contribution >= 0.6 is 11.6 Å². The largest absolute Gasteiger partial charge is 0.497 e. The van der Waals surface area contributed by atoms with Crippen molar-refractivity contribution in [3.63, 3.8) is 0 Å². The molecule has 1 aliphatic heterocycles. The molecule has 6 heteroatoms. The molecule has 0 amide bonds. The molecule has 1 aliphatic rings. The molecule has 0 saturated carbocycles. The summed E-state index contributed by atoms with van der Waals surface area (Å²) in [6.07, 6.45) is 0.640. The molecule has 4 nitrogen and oxygen atoms in total. The molecule has 29 heavy (non-hydrogen) atoms. The highest BCUT2D eigenvalue weighted by molar-refractivity contribution is 6.30. The van der Waals surface area contributed by atoms with Gasteiger partial charge in [-0.2, -0.15) is 5.10 Å². The van der Waals surface area contributed by atoms with Gasteiger partial charge in [0.05, 0.1) is 31.7 Å². The van der Waals surface area contributed by atoms with Crippen molar-refractivity contribution in [2.45, 2.75) is 12.5 Å². The average molecular weight is 411 g/mol. The number of methoxy groups -OCH3 is 2. The van der Waals surface area contributed by atoms with Gasteiger partial charge >= 0.3 is 0 Å². The Bertz CT molecular complexity index is 1050. The Labute approximate surface area is 174 Å². The summed E-state index contributed by atoms with van der Waals surface area (Å²) >= 11 is 6.03. The van der Waals surface area contributed by atoms with Gasteiger partial charge in [0.1, 0.15) is 17.3 Å². The molecule has 0 aliphatic carbocycles. The summed E-state index contributed by atoms with van der Waals surface area (Å²) in [5.41, 5.74) is 3.50. The molecule has 0 aromatic heterocycles. The van der Waals surface area contributed by atoms with Crippen LogP contribution in [-0.4, -0.2) is 19.9 Å². The fraction of sp³-hybridized carbons (Fsp3) is 0.174. The second kappa shape index (κ2) is 8.13. The zero-order valence-corrected chi connectivity index (χ0v) is 16.9. The van der Waals surface area contributed by atoms with Crippen LogP contribution in [0.3, 0.4) is 0 Å². The van der Waals surface area contributed by atoms with Crippen molar-refractivity contribution in [2.24, 2.45) is 5.10 Å². The summed E-state index contributed by atoms with van der Waals surface area (Å²) in [6.45, 7) is 0. The molecule has 3 aromatic rings. The first-order valence-corrected chi connectivity index (χ1v) is 9.57. The Hall–Kier alpha value is -3.05. The maximum absolute atomic E-state index is 13.9. The Morgan fingerprint density at radius 1 is 1.00 bits per heavy atom. The second-order valence-corrected chi connectivity index (χ2v) is 7.14. The zero-order chi connectivity index (χ0) is 20.4. The molecule has 0 radical (unpaired) electrons. The molecular formula is C23H20ClFN2O2. The SMILES string of the molecule is COc1ccc([C@H]2CC(c3ccc(Cl)cc3)=NN2c2cccc(F)c2)c(OC)c1. The van der Waals surface area contributed by atoms with E-state index in [0.29, 0.717) is 28.6 Å². The summed E-state index contributed by atoms with van der Waals surface area (Å²) in [4.78, 5) is 0. The van der Waals surface area contributed by atoms with Crippen LogP contribution in [0.4, 0.5) is 10.1 Å².